The van der Waals surface area contributed by atoms with E-state index in [0.29, 0.717) is 34.0 Å². The summed E-state index contributed by atoms with van der Waals surface area (Å²) < 4.78 is 5.89. The van der Waals surface area contributed by atoms with Gasteiger partial charge in [0.1, 0.15) is 5.75 Å². The molecule has 0 aromatic heterocycles. The highest BCUT2D eigenvalue weighted by Gasteiger charge is 2.21. The summed E-state index contributed by atoms with van der Waals surface area (Å²) in [5.41, 5.74) is 2.67. The SMILES string of the molecule is Cc1ccccc1C(=O)Nc1ccc(OC(CCCl)C(=O)c2ccc(Cl)cc2)cc1. The minimum atomic E-state index is -0.712. The number of ether oxygens (including phenoxy) is 1. The molecule has 3 aromatic rings. The Morgan fingerprint density at radius 1 is 0.967 bits per heavy atom. The maximum absolute atomic E-state index is 12.8. The van der Waals surface area contributed by atoms with Gasteiger partial charge in [0.05, 0.1) is 0 Å². The molecule has 0 saturated heterocycles. The molecule has 4 nitrogen and oxygen atoms in total. The van der Waals surface area contributed by atoms with Crippen LogP contribution in [0.4, 0.5) is 5.69 Å². The zero-order chi connectivity index (χ0) is 21.5. The van der Waals surface area contributed by atoms with Crippen LogP contribution in [-0.4, -0.2) is 23.7 Å². The monoisotopic (exact) mass is 441 g/mol. The van der Waals surface area contributed by atoms with E-state index in [-0.39, 0.29) is 17.6 Å². The highest BCUT2D eigenvalue weighted by molar-refractivity contribution is 6.30. The number of anilines is 1. The molecule has 0 aliphatic carbocycles. The molecule has 3 aromatic carbocycles. The molecule has 1 atom stereocenters. The Balaban J connectivity index is 1.68. The molecule has 0 bridgehead atoms. The molecular weight excluding hydrogens is 421 g/mol. The minimum Gasteiger partial charge on any atom is -0.482 e. The lowest BCUT2D eigenvalue weighted by molar-refractivity contribution is 0.0788. The van der Waals surface area contributed by atoms with Gasteiger partial charge in [-0.3, -0.25) is 9.59 Å². The maximum atomic E-state index is 12.8. The van der Waals surface area contributed by atoms with Gasteiger partial charge >= 0.3 is 0 Å². The molecule has 3 rings (SSSR count). The third-order valence-electron chi connectivity index (χ3n) is 4.57. The lowest BCUT2D eigenvalue weighted by Crippen LogP contribution is -2.28. The highest BCUT2D eigenvalue weighted by atomic mass is 35.5. The number of carbonyl (C=O) groups excluding carboxylic acids is 2. The van der Waals surface area contributed by atoms with Gasteiger partial charge in [-0.25, -0.2) is 0 Å². The van der Waals surface area contributed by atoms with Crippen molar-refractivity contribution in [2.24, 2.45) is 0 Å². The summed E-state index contributed by atoms with van der Waals surface area (Å²) in [6, 6.07) is 20.9. The van der Waals surface area contributed by atoms with E-state index in [1.807, 2.05) is 25.1 Å². The molecule has 0 heterocycles. The van der Waals surface area contributed by atoms with Crippen LogP contribution in [0.15, 0.2) is 72.8 Å². The highest BCUT2D eigenvalue weighted by Crippen LogP contribution is 2.21. The molecule has 0 fully saturated rings. The number of ketones is 1. The molecule has 0 spiro atoms. The van der Waals surface area contributed by atoms with E-state index in [4.69, 9.17) is 27.9 Å². The third-order valence-corrected chi connectivity index (χ3v) is 5.04. The third kappa shape index (κ3) is 5.62. The van der Waals surface area contributed by atoms with Gasteiger partial charge in [0.2, 0.25) is 5.78 Å². The van der Waals surface area contributed by atoms with Crippen LogP contribution in [0.2, 0.25) is 5.02 Å². The Hall–Kier alpha value is -2.82. The molecule has 0 aliphatic heterocycles. The molecule has 1 unspecified atom stereocenters. The van der Waals surface area contributed by atoms with Crippen molar-refractivity contribution in [2.75, 3.05) is 11.2 Å². The zero-order valence-corrected chi connectivity index (χ0v) is 17.9. The fourth-order valence-electron chi connectivity index (χ4n) is 2.95. The molecular formula is C24H21Cl2NO3. The van der Waals surface area contributed by atoms with Crippen LogP contribution < -0.4 is 10.1 Å². The number of rotatable bonds is 8. The molecule has 6 heteroatoms. The number of Topliss-reactive ketones (excluding diaryl/α,β-unsaturated/α-hetero) is 1. The summed E-state index contributed by atoms with van der Waals surface area (Å²) >= 11 is 11.8. The first-order chi connectivity index (χ1) is 14.5. The van der Waals surface area contributed by atoms with E-state index in [1.165, 1.54) is 0 Å². The Kier molecular flexibility index (Phi) is 7.50. The van der Waals surface area contributed by atoms with Gasteiger partial charge in [0.15, 0.2) is 6.10 Å². The van der Waals surface area contributed by atoms with E-state index in [9.17, 15) is 9.59 Å². The standard InChI is InChI=1S/C24H21Cl2NO3/c1-16-4-2-3-5-21(16)24(29)27-19-10-12-20(13-11-19)30-22(14-15-25)23(28)17-6-8-18(26)9-7-17/h2-13,22H,14-15H2,1H3,(H,27,29). The zero-order valence-electron chi connectivity index (χ0n) is 16.4. The number of hydrogen-bond acceptors (Lipinski definition) is 3. The van der Waals surface area contributed by atoms with E-state index in [2.05, 4.69) is 5.32 Å². The van der Waals surface area contributed by atoms with E-state index < -0.39 is 6.10 Å². The fraction of sp³-hybridized carbons (Fsp3) is 0.167. The van der Waals surface area contributed by atoms with Crippen molar-refractivity contribution in [3.63, 3.8) is 0 Å². The number of nitrogens with one attached hydrogen (secondary N) is 1. The number of amides is 1. The summed E-state index contributed by atoms with van der Waals surface area (Å²) in [5.74, 6) is 0.458. The van der Waals surface area contributed by atoms with Crippen LogP contribution in [0, 0.1) is 6.92 Å². The number of aryl methyl sites for hydroxylation is 1. The van der Waals surface area contributed by atoms with Gasteiger partial charge in [-0.05, 0) is 67.1 Å². The number of halogens is 2. The first kappa shape index (κ1) is 21.9. The summed E-state index contributed by atoms with van der Waals surface area (Å²) in [4.78, 5) is 25.2. The molecule has 1 N–H and O–H groups in total. The van der Waals surface area contributed by atoms with Crippen LogP contribution in [0.5, 0.6) is 5.75 Å². The molecule has 154 valence electrons. The average Bonchev–Trinajstić information content (AvgIpc) is 2.75. The number of carbonyl (C=O) groups is 2. The van der Waals surface area contributed by atoms with E-state index >= 15 is 0 Å². The number of hydrogen-bond donors (Lipinski definition) is 1. The molecule has 0 aliphatic rings. The predicted molar refractivity (Wildman–Crippen MR) is 121 cm³/mol. The van der Waals surface area contributed by atoms with Crippen LogP contribution in [0.3, 0.4) is 0 Å². The van der Waals surface area contributed by atoms with Gasteiger partial charge in [0.25, 0.3) is 5.91 Å². The van der Waals surface area contributed by atoms with Crippen molar-refractivity contribution in [2.45, 2.75) is 19.4 Å². The van der Waals surface area contributed by atoms with Crippen LogP contribution in [0.25, 0.3) is 0 Å². The first-order valence-corrected chi connectivity index (χ1v) is 10.4. The van der Waals surface area contributed by atoms with Crippen molar-refractivity contribution < 1.29 is 14.3 Å². The Morgan fingerprint density at radius 3 is 2.27 bits per heavy atom. The average molecular weight is 442 g/mol. The largest absolute Gasteiger partial charge is 0.482 e. The van der Waals surface area contributed by atoms with Crippen molar-refractivity contribution in [3.05, 3.63) is 94.5 Å². The van der Waals surface area contributed by atoms with Gasteiger partial charge in [-0.15, -0.1) is 11.6 Å². The Morgan fingerprint density at radius 2 is 1.63 bits per heavy atom. The predicted octanol–water partition coefficient (Wildman–Crippen LogP) is 6.16. The van der Waals surface area contributed by atoms with Gasteiger partial charge in [-0.1, -0.05) is 29.8 Å². The first-order valence-electron chi connectivity index (χ1n) is 9.47. The number of benzene rings is 3. The lowest BCUT2D eigenvalue weighted by Gasteiger charge is -2.18. The van der Waals surface area contributed by atoms with E-state index in [1.54, 1.807) is 54.6 Å². The Labute approximate surface area is 185 Å². The normalized spacial score (nSPS) is 11.6. The maximum Gasteiger partial charge on any atom is 0.255 e. The topological polar surface area (TPSA) is 55.4 Å². The summed E-state index contributed by atoms with van der Waals surface area (Å²) in [6.45, 7) is 1.89. The molecule has 30 heavy (non-hydrogen) atoms. The second kappa shape index (κ2) is 10.3. The molecule has 0 radical (unpaired) electrons. The van der Waals surface area contributed by atoms with Gasteiger partial charge in [-0.2, -0.15) is 0 Å². The second-order valence-corrected chi connectivity index (χ2v) is 7.56. The van der Waals surface area contributed by atoms with Crippen molar-refractivity contribution in [1.29, 1.82) is 0 Å². The summed E-state index contributed by atoms with van der Waals surface area (Å²) in [7, 11) is 0. The van der Waals surface area contributed by atoms with Gasteiger partial charge < -0.3 is 10.1 Å². The van der Waals surface area contributed by atoms with Crippen LogP contribution in [-0.2, 0) is 0 Å². The van der Waals surface area contributed by atoms with Crippen LogP contribution in [0.1, 0.15) is 32.7 Å². The van der Waals surface area contributed by atoms with Crippen LogP contribution >= 0.6 is 23.2 Å². The fourth-order valence-corrected chi connectivity index (χ4v) is 3.27. The minimum absolute atomic E-state index is 0.163. The smallest absolute Gasteiger partial charge is 0.255 e. The van der Waals surface area contributed by atoms with Crippen molar-refractivity contribution >= 4 is 40.6 Å². The Bertz CT molecular complexity index is 1020. The summed E-state index contributed by atoms with van der Waals surface area (Å²) in [5, 5.41) is 3.42. The molecule has 1 amide bonds. The molecule has 0 saturated carbocycles. The van der Waals surface area contributed by atoms with Gasteiger partial charge in [0, 0.05) is 34.1 Å². The summed E-state index contributed by atoms with van der Waals surface area (Å²) in [6.07, 6.45) is -0.342. The number of alkyl halides is 1. The van der Waals surface area contributed by atoms with E-state index in [0.717, 1.165) is 5.56 Å². The van der Waals surface area contributed by atoms with Crippen molar-refractivity contribution in [3.8, 4) is 5.75 Å². The second-order valence-electron chi connectivity index (χ2n) is 6.75. The lowest BCUT2D eigenvalue weighted by atomic mass is 10.0. The quantitative estimate of drug-likeness (QED) is 0.336. The van der Waals surface area contributed by atoms with Crippen molar-refractivity contribution in [1.82, 2.24) is 0 Å².